The topological polar surface area (TPSA) is 107 Å². The predicted octanol–water partition coefficient (Wildman–Crippen LogP) is -0.768. The summed E-state index contributed by atoms with van der Waals surface area (Å²) in [6.45, 7) is 0. The predicted molar refractivity (Wildman–Crippen MR) is 53.7 cm³/mol. The first kappa shape index (κ1) is 12.6. The Morgan fingerprint density at radius 3 is 2.31 bits per heavy atom. The number of nitrogens with zero attached hydrogens (tertiary/aromatic N) is 1. The summed E-state index contributed by atoms with van der Waals surface area (Å²) in [6.07, 6.45) is -0.223. The summed E-state index contributed by atoms with van der Waals surface area (Å²) < 4.78 is 0. The monoisotopic (exact) mass is 292 g/mol. The maximum Gasteiger partial charge on any atom is 0.347 e. The minimum Gasteiger partial charge on any atom is -0.370 e. The van der Waals surface area contributed by atoms with Crippen molar-refractivity contribution in [3.05, 3.63) is 0 Å². The number of rotatable bonds is 4. The second kappa shape index (κ2) is 5.06. The molecular formula is C8H9BrN2O5. The lowest BCUT2D eigenvalue weighted by atomic mass is 10.3. The number of imide groups is 1. The molecule has 0 saturated carbocycles. The summed E-state index contributed by atoms with van der Waals surface area (Å²) in [5.41, 5.74) is 4.87. The summed E-state index contributed by atoms with van der Waals surface area (Å²) in [5.74, 6) is -2.74. The molecule has 1 heterocycles. The largest absolute Gasteiger partial charge is 0.370 e. The summed E-state index contributed by atoms with van der Waals surface area (Å²) in [6, 6.07) is 0. The Balaban J connectivity index is 2.53. The number of carbonyl (C=O) groups is 4. The lowest BCUT2D eigenvalue weighted by molar-refractivity contribution is -0.197. The third-order valence-corrected chi connectivity index (χ3v) is 2.52. The quantitative estimate of drug-likeness (QED) is 0.541. The molecule has 1 rings (SSSR count). The maximum absolute atomic E-state index is 11.3. The van der Waals surface area contributed by atoms with Gasteiger partial charge in [-0.2, -0.15) is 0 Å². The summed E-state index contributed by atoms with van der Waals surface area (Å²) in [4.78, 5) is 47.6. The third kappa shape index (κ3) is 3.02. The molecule has 0 aliphatic carbocycles. The van der Waals surface area contributed by atoms with Crippen LogP contribution in [0.4, 0.5) is 0 Å². The molecule has 0 radical (unpaired) electrons. The molecule has 3 amide bonds. The molecule has 1 fully saturated rings. The van der Waals surface area contributed by atoms with Crippen LogP contribution in [0.5, 0.6) is 0 Å². The summed E-state index contributed by atoms with van der Waals surface area (Å²) in [7, 11) is 0. The van der Waals surface area contributed by atoms with Gasteiger partial charge in [0.1, 0.15) is 4.83 Å². The number of hydrogen-bond donors (Lipinski definition) is 1. The van der Waals surface area contributed by atoms with Crippen molar-refractivity contribution in [1.29, 1.82) is 0 Å². The van der Waals surface area contributed by atoms with E-state index in [1.54, 1.807) is 0 Å². The number of hydrogen-bond acceptors (Lipinski definition) is 5. The van der Waals surface area contributed by atoms with Crippen molar-refractivity contribution < 1.29 is 24.0 Å². The van der Waals surface area contributed by atoms with Crippen LogP contribution in [0.1, 0.15) is 19.3 Å². The fraction of sp³-hybridized carbons (Fsp3) is 0.500. The Kier molecular flexibility index (Phi) is 3.99. The molecule has 0 aromatic heterocycles. The van der Waals surface area contributed by atoms with Gasteiger partial charge >= 0.3 is 5.97 Å². The molecule has 7 nitrogen and oxygen atoms in total. The maximum atomic E-state index is 11.3. The van der Waals surface area contributed by atoms with Crippen molar-refractivity contribution >= 4 is 39.6 Å². The van der Waals surface area contributed by atoms with Crippen LogP contribution in [0.3, 0.4) is 0 Å². The van der Waals surface area contributed by atoms with Crippen LogP contribution in [-0.4, -0.2) is 33.6 Å². The molecule has 1 aliphatic heterocycles. The molecular weight excluding hydrogens is 284 g/mol. The number of carbonyl (C=O) groups excluding carboxylic acids is 4. The molecule has 0 aromatic carbocycles. The highest BCUT2D eigenvalue weighted by Gasteiger charge is 2.34. The van der Waals surface area contributed by atoms with E-state index >= 15 is 0 Å². The Hall–Kier alpha value is -1.44. The van der Waals surface area contributed by atoms with Crippen LogP contribution in [0.25, 0.3) is 0 Å². The number of nitrogens with two attached hydrogens (primary N) is 1. The molecule has 0 aromatic rings. The zero-order chi connectivity index (χ0) is 12.3. The van der Waals surface area contributed by atoms with E-state index in [2.05, 4.69) is 20.8 Å². The third-order valence-electron chi connectivity index (χ3n) is 1.82. The molecule has 0 spiro atoms. The highest BCUT2D eigenvalue weighted by molar-refractivity contribution is 9.10. The van der Waals surface area contributed by atoms with Gasteiger partial charge in [-0.25, -0.2) is 4.79 Å². The molecule has 88 valence electrons. The lowest BCUT2D eigenvalue weighted by Gasteiger charge is -2.14. The first-order chi connectivity index (χ1) is 7.41. The summed E-state index contributed by atoms with van der Waals surface area (Å²) in [5, 5.41) is 0.414. The van der Waals surface area contributed by atoms with Gasteiger partial charge in [-0.15, -0.1) is 5.06 Å². The molecule has 2 N–H and O–H groups in total. The fourth-order valence-corrected chi connectivity index (χ4v) is 1.47. The van der Waals surface area contributed by atoms with E-state index in [9.17, 15) is 19.2 Å². The van der Waals surface area contributed by atoms with E-state index < -0.39 is 28.5 Å². The second-order valence-corrected chi connectivity index (χ2v) is 4.24. The highest BCUT2D eigenvalue weighted by Crippen LogP contribution is 2.15. The molecule has 0 bridgehead atoms. The van der Waals surface area contributed by atoms with Gasteiger partial charge in [0, 0.05) is 19.3 Å². The Morgan fingerprint density at radius 1 is 1.38 bits per heavy atom. The standard InChI is InChI=1S/C8H9BrN2O5/c9-4(3-5(10)12)8(15)16-11-6(13)1-2-7(11)14/h4H,1-3H2,(H2,10,12)/t4-/m0/s1. The number of halogens is 1. The zero-order valence-electron chi connectivity index (χ0n) is 8.14. The summed E-state index contributed by atoms with van der Waals surface area (Å²) >= 11 is 2.87. The van der Waals surface area contributed by atoms with Crippen molar-refractivity contribution in [3.63, 3.8) is 0 Å². The van der Waals surface area contributed by atoms with Gasteiger partial charge in [0.05, 0.1) is 0 Å². The fourth-order valence-electron chi connectivity index (χ4n) is 1.06. The second-order valence-electron chi connectivity index (χ2n) is 3.13. The van der Waals surface area contributed by atoms with Gasteiger partial charge in [0.25, 0.3) is 11.8 Å². The van der Waals surface area contributed by atoms with E-state index in [0.717, 1.165) is 0 Å². The Bertz CT molecular complexity index is 340. The number of amides is 3. The Morgan fingerprint density at radius 2 is 1.88 bits per heavy atom. The molecule has 8 heteroatoms. The van der Waals surface area contributed by atoms with Gasteiger partial charge in [0.15, 0.2) is 0 Å². The van der Waals surface area contributed by atoms with Crippen molar-refractivity contribution in [2.24, 2.45) is 5.73 Å². The van der Waals surface area contributed by atoms with Crippen LogP contribution in [0.2, 0.25) is 0 Å². The van der Waals surface area contributed by atoms with E-state index in [1.165, 1.54) is 0 Å². The average molecular weight is 293 g/mol. The van der Waals surface area contributed by atoms with E-state index in [1.807, 2.05) is 0 Å². The number of alkyl halides is 1. The molecule has 1 saturated heterocycles. The minimum atomic E-state index is -0.966. The van der Waals surface area contributed by atoms with Crippen LogP contribution in [0, 0.1) is 0 Å². The van der Waals surface area contributed by atoms with E-state index in [0.29, 0.717) is 5.06 Å². The van der Waals surface area contributed by atoms with Crippen LogP contribution in [-0.2, 0) is 24.0 Å². The molecule has 1 atom stereocenters. The molecule has 16 heavy (non-hydrogen) atoms. The van der Waals surface area contributed by atoms with Crippen molar-refractivity contribution in [2.75, 3.05) is 0 Å². The van der Waals surface area contributed by atoms with Crippen molar-refractivity contribution in [1.82, 2.24) is 5.06 Å². The molecule has 0 unspecified atom stereocenters. The first-order valence-corrected chi connectivity index (χ1v) is 5.33. The first-order valence-electron chi connectivity index (χ1n) is 4.41. The average Bonchev–Trinajstić information content (AvgIpc) is 2.48. The molecule has 1 aliphatic rings. The smallest absolute Gasteiger partial charge is 0.347 e. The normalized spacial score (nSPS) is 17.4. The van der Waals surface area contributed by atoms with Gasteiger partial charge in [-0.05, 0) is 0 Å². The lowest BCUT2D eigenvalue weighted by Crippen LogP contribution is -2.36. The van der Waals surface area contributed by atoms with Gasteiger partial charge in [-0.3, -0.25) is 14.4 Å². The van der Waals surface area contributed by atoms with E-state index in [-0.39, 0.29) is 19.3 Å². The van der Waals surface area contributed by atoms with Crippen LogP contribution >= 0.6 is 15.9 Å². The Labute approximate surface area is 99.0 Å². The zero-order valence-corrected chi connectivity index (χ0v) is 9.73. The number of primary amides is 1. The van der Waals surface area contributed by atoms with Crippen molar-refractivity contribution in [2.45, 2.75) is 24.1 Å². The van der Waals surface area contributed by atoms with Crippen LogP contribution in [0.15, 0.2) is 0 Å². The minimum absolute atomic E-state index is 0.0227. The highest BCUT2D eigenvalue weighted by atomic mass is 79.9. The van der Waals surface area contributed by atoms with Crippen LogP contribution < -0.4 is 5.73 Å². The van der Waals surface area contributed by atoms with Crippen molar-refractivity contribution in [3.8, 4) is 0 Å². The SMILES string of the molecule is NC(=O)C[C@H](Br)C(=O)ON1C(=O)CCC1=O. The van der Waals surface area contributed by atoms with E-state index in [4.69, 9.17) is 5.73 Å². The van der Waals surface area contributed by atoms with Gasteiger partial charge in [-0.1, -0.05) is 15.9 Å². The van der Waals surface area contributed by atoms with Gasteiger partial charge in [0.2, 0.25) is 5.91 Å². The number of hydroxylamine groups is 2. The van der Waals surface area contributed by atoms with Gasteiger partial charge < -0.3 is 10.6 Å².